The molecule has 1 aromatic rings. The largest absolute Gasteiger partial charge is 0.338 e. The highest BCUT2D eigenvalue weighted by Gasteiger charge is 2.23. The molecule has 0 saturated carbocycles. The molecule has 92 valence electrons. The third-order valence-electron chi connectivity index (χ3n) is 2.99. The maximum absolute atomic E-state index is 12.2. The summed E-state index contributed by atoms with van der Waals surface area (Å²) >= 11 is 11.8. The first kappa shape index (κ1) is 12.7. The fraction of sp³-hybridized carbons (Fsp3) is 0.417. The second kappa shape index (κ2) is 5.25. The normalized spacial score (nSPS) is 17.2. The Bertz CT molecular complexity index is 429. The van der Waals surface area contributed by atoms with Crippen molar-refractivity contribution in [2.75, 3.05) is 13.1 Å². The highest BCUT2D eigenvalue weighted by Crippen LogP contribution is 2.23. The van der Waals surface area contributed by atoms with Gasteiger partial charge in [0, 0.05) is 24.2 Å². The van der Waals surface area contributed by atoms with E-state index in [1.54, 1.807) is 23.1 Å². The van der Waals surface area contributed by atoms with Gasteiger partial charge in [0.25, 0.3) is 5.91 Å². The summed E-state index contributed by atoms with van der Waals surface area (Å²) in [6, 6.07) is 5.14. The van der Waals surface area contributed by atoms with E-state index in [1.807, 2.05) is 0 Å². The smallest absolute Gasteiger partial charge is 0.255 e. The summed E-state index contributed by atoms with van der Waals surface area (Å²) in [6.07, 6.45) is 1.69. The van der Waals surface area contributed by atoms with Crippen LogP contribution < -0.4 is 5.73 Å². The predicted molar refractivity (Wildman–Crippen MR) is 69.6 cm³/mol. The number of piperidine rings is 1. The van der Waals surface area contributed by atoms with Gasteiger partial charge in [-0.1, -0.05) is 23.2 Å². The SMILES string of the molecule is NC1CCN(C(=O)c2ccc(Cl)cc2Cl)CC1. The molecule has 1 fully saturated rings. The zero-order chi connectivity index (χ0) is 12.4. The monoisotopic (exact) mass is 272 g/mol. The third-order valence-corrected chi connectivity index (χ3v) is 3.54. The number of halogens is 2. The molecule has 0 aromatic heterocycles. The van der Waals surface area contributed by atoms with Crippen LogP contribution in [0, 0.1) is 0 Å². The number of rotatable bonds is 1. The Labute approximate surface area is 110 Å². The molecule has 5 heteroatoms. The second-order valence-corrected chi connectivity index (χ2v) is 5.10. The number of nitrogens with zero attached hydrogens (tertiary/aromatic N) is 1. The number of hydrogen-bond acceptors (Lipinski definition) is 2. The number of benzene rings is 1. The molecule has 1 aliphatic heterocycles. The van der Waals surface area contributed by atoms with E-state index in [0.717, 1.165) is 12.8 Å². The zero-order valence-corrected chi connectivity index (χ0v) is 10.8. The number of nitrogens with two attached hydrogens (primary N) is 1. The zero-order valence-electron chi connectivity index (χ0n) is 9.33. The van der Waals surface area contributed by atoms with Crippen molar-refractivity contribution in [1.82, 2.24) is 4.90 Å². The van der Waals surface area contributed by atoms with Crippen LogP contribution in [0.4, 0.5) is 0 Å². The Morgan fingerprint density at radius 1 is 1.29 bits per heavy atom. The second-order valence-electron chi connectivity index (χ2n) is 4.25. The van der Waals surface area contributed by atoms with Gasteiger partial charge in [-0.2, -0.15) is 0 Å². The topological polar surface area (TPSA) is 46.3 Å². The molecule has 2 N–H and O–H groups in total. The van der Waals surface area contributed by atoms with E-state index < -0.39 is 0 Å². The molecule has 0 bridgehead atoms. The van der Waals surface area contributed by atoms with Crippen LogP contribution >= 0.6 is 23.2 Å². The Balaban J connectivity index is 2.14. The van der Waals surface area contributed by atoms with E-state index in [1.165, 1.54) is 0 Å². The lowest BCUT2D eigenvalue weighted by Gasteiger charge is -2.30. The molecule has 0 aliphatic carbocycles. The number of carbonyl (C=O) groups excluding carboxylic acids is 1. The summed E-state index contributed by atoms with van der Waals surface area (Å²) in [6.45, 7) is 1.39. The van der Waals surface area contributed by atoms with Crippen LogP contribution in [0.2, 0.25) is 10.0 Å². The number of amides is 1. The fourth-order valence-electron chi connectivity index (χ4n) is 1.94. The summed E-state index contributed by atoms with van der Waals surface area (Å²) in [5.41, 5.74) is 6.31. The minimum absolute atomic E-state index is 0.0430. The van der Waals surface area contributed by atoms with E-state index >= 15 is 0 Å². The van der Waals surface area contributed by atoms with E-state index in [-0.39, 0.29) is 11.9 Å². The average Bonchev–Trinajstić information content (AvgIpc) is 2.29. The van der Waals surface area contributed by atoms with Gasteiger partial charge in [0.05, 0.1) is 10.6 Å². The quantitative estimate of drug-likeness (QED) is 0.854. The molecule has 17 heavy (non-hydrogen) atoms. The van der Waals surface area contributed by atoms with Crippen molar-refractivity contribution in [1.29, 1.82) is 0 Å². The molecule has 0 radical (unpaired) electrons. The average molecular weight is 273 g/mol. The number of carbonyl (C=O) groups is 1. The third kappa shape index (κ3) is 2.92. The van der Waals surface area contributed by atoms with E-state index in [2.05, 4.69) is 0 Å². The highest BCUT2D eigenvalue weighted by atomic mass is 35.5. The van der Waals surface area contributed by atoms with Crippen molar-refractivity contribution >= 4 is 29.1 Å². The lowest BCUT2D eigenvalue weighted by atomic mass is 10.0. The van der Waals surface area contributed by atoms with Crippen LogP contribution in [0.5, 0.6) is 0 Å². The Morgan fingerprint density at radius 2 is 1.94 bits per heavy atom. The van der Waals surface area contributed by atoms with Crippen LogP contribution in [-0.4, -0.2) is 29.9 Å². The van der Waals surface area contributed by atoms with Gasteiger partial charge < -0.3 is 10.6 Å². The van der Waals surface area contributed by atoms with Crippen LogP contribution in [0.15, 0.2) is 18.2 Å². The van der Waals surface area contributed by atoms with Gasteiger partial charge in [-0.3, -0.25) is 4.79 Å². The first-order valence-corrected chi connectivity index (χ1v) is 6.33. The minimum Gasteiger partial charge on any atom is -0.338 e. The summed E-state index contributed by atoms with van der Waals surface area (Å²) in [5, 5.41) is 0.935. The standard InChI is InChI=1S/C12H14Cl2N2O/c13-8-1-2-10(11(14)7-8)12(17)16-5-3-9(15)4-6-16/h1-2,7,9H,3-6,15H2. The molecule has 2 rings (SSSR count). The van der Waals surface area contributed by atoms with Gasteiger partial charge in [-0.15, -0.1) is 0 Å². The fourth-order valence-corrected chi connectivity index (χ4v) is 2.43. The molecule has 3 nitrogen and oxygen atoms in total. The van der Waals surface area contributed by atoms with Crippen LogP contribution in [0.1, 0.15) is 23.2 Å². The van der Waals surface area contributed by atoms with E-state index in [0.29, 0.717) is 28.7 Å². The minimum atomic E-state index is -0.0430. The highest BCUT2D eigenvalue weighted by molar-refractivity contribution is 6.36. The van der Waals surface area contributed by atoms with Crippen LogP contribution in [0.25, 0.3) is 0 Å². The van der Waals surface area contributed by atoms with Gasteiger partial charge in [0.1, 0.15) is 0 Å². The lowest BCUT2D eigenvalue weighted by Crippen LogP contribution is -2.42. The van der Waals surface area contributed by atoms with Gasteiger partial charge in [-0.25, -0.2) is 0 Å². The number of hydrogen-bond donors (Lipinski definition) is 1. The maximum Gasteiger partial charge on any atom is 0.255 e. The molecule has 0 unspecified atom stereocenters. The first-order chi connectivity index (χ1) is 8.08. The van der Waals surface area contributed by atoms with Crippen LogP contribution in [0.3, 0.4) is 0 Å². The molecule has 1 saturated heterocycles. The molecule has 1 aliphatic rings. The maximum atomic E-state index is 12.2. The molecule has 1 heterocycles. The molecule has 0 atom stereocenters. The molecular formula is C12H14Cl2N2O. The molecule has 1 aromatic carbocycles. The predicted octanol–water partition coefficient (Wildman–Crippen LogP) is 2.56. The Kier molecular flexibility index (Phi) is 3.92. The van der Waals surface area contributed by atoms with Crippen LogP contribution in [-0.2, 0) is 0 Å². The van der Waals surface area contributed by atoms with Gasteiger partial charge in [0.15, 0.2) is 0 Å². The molecular weight excluding hydrogens is 259 g/mol. The molecule has 1 amide bonds. The van der Waals surface area contributed by atoms with Crippen molar-refractivity contribution < 1.29 is 4.79 Å². The van der Waals surface area contributed by atoms with Crippen molar-refractivity contribution in [2.45, 2.75) is 18.9 Å². The first-order valence-electron chi connectivity index (χ1n) is 5.58. The van der Waals surface area contributed by atoms with Crippen molar-refractivity contribution in [3.8, 4) is 0 Å². The molecule has 0 spiro atoms. The summed E-state index contributed by atoms with van der Waals surface area (Å²) in [5.74, 6) is -0.0430. The summed E-state index contributed by atoms with van der Waals surface area (Å²) in [7, 11) is 0. The summed E-state index contributed by atoms with van der Waals surface area (Å²) < 4.78 is 0. The van der Waals surface area contributed by atoms with E-state index in [4.69, 9.17) is 28.9 Å². The van der Waals surface area contributed by atoms with Gasteiger partial charge in [0.2, 0.25) is 0 Å². The van der Waals surface area contributed by atoms with Crippen molar-refractivity contribution in [3.05, 3.63) is 33.8 Å². The Morgan fingerprint density at radius 3 is 2.53 bits per heavy atom. The van der Waals surface area contributed by atoms with E-state index in [9.17, 15) is 4.79 Å². The summed E-state index contributed by atoms with van der Waals surface area (Å²) in [4.78, 5) is 14.0. The number of likely N-dealkylation sites (tertiary alicyclic amines) is 1. The Hall–Kier alpha value is -0.770. The van der Waals surface area contributed by atoms with Crippen molar-refractivity contribution in [2.24, 2.45) is 5.73 Å². The van der Waals surface area contributed by atoms with Gasteiger partial charge >= 0.3 is 0 Å². The lowest BCUT2D eigenvalue weighted by molar-refractivity contribution is 0.0715. The van der Waals surface area contributed by atoms with Crippen molar-refractivity contribution in [3.63, 3.8) is 0 Å². The van der Waals surface area contributed by atoms with Gasteiger partial charge in [-0.05, 0) is 31.0 Å².